The molecule has 0 saturated heterocycles. The summed E-state index contributed by atoms with van der Waals surface area (Å²) >= 11 is 0. The van der Waals surface area contributed by atoms with Crippen LogP contribution in [0.15, 0.2) is 43.0 Å². The summed E-state index contributed by atoms with van der Waals surface area (Å²) in [5, 5.41) is 13.2. The van der Waals surface area contributed by atoms with Gasteiger partial charge in [0.15, 0.2) is 0 Å². The van der Waals surface area contributed by atoms with Gasteiger partial charge in [0.05, 0.1) is 0 Å². The van der Waals surface area contributed by atoms with Gasteiger partial charge >= 0.3 is 8.84 Å². The predicted molar refractivity (Wildman–Crippen MR) is 78.8 cm³/mol. The minimum Gasteiger partial charge on any atom is -0.396 e. The zero-order valence-electron chi connectivity index (χ0n) is 11.1. The van der Waals surface area contributed by atoms with E-state index in [2.05, 4.69) is 16.9 Å². The van der Waals surface area contributed by atoms with Gasteiger partial charge in [-0.3, -0.25) is 0 Å². The van der Waals surface area contributed by atoms with Crippen molar-refractivity contribution in [2.24, 2.45) is 5.92 Å². The molecule has 0 aliphatic heterocycles. The summed E-state index contributed by atoms with van der Waals surface area (Å²) < 4.78 is 11.9. The zero-order valence-corrected chi connectivity index (χ0v) is 12.1. The minimum atomic E-state index is -1.89. The van der Waals surface area contributed by atoms with Gasteiger partial charge in [-0.2, -0.15) is 0 Å². The number of hydrogen-bond acceptors (Lipinski definition) is 3. The molecule has 0 bridgehead atoms. The van der Waals surface area contributed by atoms with Crippen molar-refractivity contribution < 1.29 is 9.57 Å². The van der Waals surface area contributed by atoms with E-state index in [4.69, 9.17) is 5.11 Å². The summed E-state index contributed by atoms with van der Waals surface area (Å²) in [4.78, 5) is 3.02. The van der Waals surface area contributed by atoms with Crippen molar-refractivity contribution in [2.45, 2.75) is 6.42 Å². The van der Waals surface area contributed by atoms with E-state index in [-0.39, 0.29) is 12.5 Å². The summed E-state index contributed by atoms with van der Waals surface area (Å²) in [5.41, 5.74) is 0. The quantitative estimate of drug-likeness (QED) is 0.324. The number of benzene rings is 1. The summed E-state index contributed by atoms with van der Waals surface area (Å²) in [6.45, 7) is 5.95. The molecule has 0 saturated carbocycles. The van der Waals surface area contributed by atoms with E-state index in [1.54, 1.807) is 0 Å². The normalized spacial score (nSPS) is 11.8. The Kier molecular flexibility index (Phi) is 7.96. The zero-order chi connectivity index (χ0) is 13.9. The van der Waals surface area contributed by atoms with Gasteiger partial charge in [-0.05, 0) is 12.3 Å². The Hall–Kier alpha value is -1.30. The van der Waals surface area contributed by atoms with Crippen molar-refractivity contribution in [3.63, 3.8) is 0 Å². The first-order valence-corrected chi connectivity index (χ1v) is 7.94. The Balaban J connectivity index is 2.14. The molecule has 1 atom stereocenters. The molecule has 0 aromatic heterocycles. The highest BCUT2D eigenvalue weighted by Crippen LogP contribution is 1.99. The van der Waals surface area contributed by atoms with Crippen LogP contribution in [0.5, 0.6) is 0 Å². The van der Waals surface area contributed by atoms with E-state index in [0.29, 0.717) is 6.54 Å². The van der Waals surface area contributed by atoms with Crippen LogP contribution >= 0.6 is 0 Å². The summed E-state index contributed by atoms with van der Waals surface area (Å²) in [6.07, 6.45) is 2.62. The average molecular weight is 278 g/mol. The van der Waals surface area contributed by atoms with Crippen molar-refractivity contribution in [1.82, 2.24) is 10.3 Å². The fraction of sp³-hybridized carbons (Fsp3) is 0.429. The predicted octanol–water partition coefficient (Wildman–Crippen LogP) is 0.176. The summed E-state index contributed by atoms with van der Waals surface area (Å²) in [6, 6.07) is 9.42. The van der Waals surface area contributed by atoms with Crippen LogP contribution in [0.1, 0.15) is 6.42 Å². The molecule has 0 amide bonds. The fourth-order valence-corrected chi connectivity index (χ4v) is 2.77. The van der Waals surface area contributed by atoms with Crippen molar-refractivity contribution in [3.8, 4) is 0 Å². The summed E-state index contributed by atoms with van der Waals surface area (Å²) in [7, 11) is -1.89. The van der Waals surface area contributed by atoms with E-state index in [1.165, 1.54) is 0 Å². The molecule has 3 N–H and O–H groups in total. The van der Waals surface area contributed by atoms with Gasteiger partial charge in [0.2, 0.25) is 0 Å². The highest BCUT2D eigenvalue weighted by Gasteiger charge is 2.07. The Bertz CT molecular complexity index is 384. The van der Waals surface area contributed by atoms with Crippen molar-refractivity contribution in [1.29, 1.82) is 0 Å². The Morgan fingerprint density at radius 2 is 2.05 bits per heavy atom. The second-order valence-corrected chi connectivity index (χ2v) is 5.99. The van der Waals surface area contributed by atoms with Crippen molar-refractivity contribution in [2.75, 3.05) is 26.2 Å². The smallest absolute Gasteiger partial charge is 0.396 e. The maximum absolute atomic E-state index is 11.9. The molecule has 5 heteroatoms. The lowest BCUT2D eigenvalue weighted by molar-refractivity contribution is 0.224. The highest BCUT2D eigenvalue weighted by atomic mass is 28.3. The first-order chi connectivity index (χ1) is 9.27. The van der Waals surface area contributed by atoms with Crippen LogP contribution in [0.4, 0.5) is 0 Å². The lowest BCUT2D eigenvalue weighted by Crippen LogP contribution is -2.41. The van der Waals surface area contributed by atoms with Crippen LogP contribution in [-0.4, -0.2) is 40.2 Å². The van der Waals surface area contributed by atoms with Crippen LogP contribution in [-0.2, 0) is 4.46 Å². The monoisotopic (exact) mass is 278 g/mol. The third kappa shape index (κ3) is 6.42. The first-order valence-electron chi connectivity index (χ1n) is 6.53. The fourth-order valence-electron chi connectivity index (χ4n) is 1.72. The first kappa shape index (κ1) is 15.8. The molecule has 0 fully saturated rings. The lowest BCUT2D eigenvalue weighted by atomic mass is 10.1. The lowest BCUT2D eigenvalue weighted by Gasteiger charge is -2.13. The maximum atomic E-state index is 11.9. The third-order valence-corrected chi connectivity index (χ3v) is 4.24. The molecular formula is C14H22N2O2Si. The second-order valence-electron chi connectivity index (χ2n) is 4.40. The van der Waals surface area contributed by atoms with E-state index >= 15 is 0 Å². The van der Waals surface area contributed by atoms with E-state index in [1.807, 2.05) is 36.4 Å². The Morgan fingerprint density at radius 3 is 2.68 bits per heavy atom. The molecule has 1 unspecified atom stereocenters. The van der Waals surface area contributed by atoms with Gasteiger partial charge in [0.25, 0.3) is 0 Å². The number of aliphatic hydroxyl groups excluding tert-OH is 1. The van der Waals surface area contributed by atoms with Gasteiger partial charge < -0.3 is 19.9 Å². The number of nitrogens with one attached hydrogen (secondary N) is 2. The molecular weight excluding hydrogens is 256 g/mol. The number of hydrogen-bond donors (Lipinski definition) is 3. The van der Waals surface area contributed by atoms with E-state index in [0.717, 1.165) is 24.7 Å². The van der Waals surface area contributed by atoms with Gasteiger partial charge in [0, 0.05) is 31.4 Å². The number of allylic oxidation sites excluding steroid dienone is 1. The van der Waals surface area contributed by atoms with Crippen LogP contribution < -0.4 is 15.5 Å². The van der Waals surface area contributed by atoms with E-state index in [9.17, 15) is 4.46 Å². The van der Waals surface area contributed by atoms with Crippen molar-refractivity contribution in [3.05, 3.63) is 43.0 Å². The molecule has 104 valence electrons. The molecule has 1 rings (SSSR count). The van der Waals surface area contributed by atoms with Gasteiger partial charge in [0.1, 0.15) is 0 Å². The minimum absolute atomic E-state index is 0.160. The molecule has 19 heavy (non-hydrogen) atoms. The topological polar surface area (TPSA) is 61.4 Å². The third-order valence-electron chi connectivity index (χ3n) is 2.81. The van der Waals surface area contributed by atoms with Crippen LogP contribution in [0.25, 0.3) is 0 Å². The van der Waals surface area contributed by atoms with Gasteiger partial charge in [-0.1, -0.05) is 36.4 Å². The molecule has 4 nitrogen and oxygen atoms in total. The van der Waals surface area contributed by atoms with Crippen molar-refractivity contribution >= 4 is 14.0 Å². The molecule has 1 aromatic rings. The molecule has 0 aliphatic rings. The molecule has 0 spiro atoms. The standard InChI is InChI=1S/C14H22N2O2Si/c1-2-6-13(12-17)11-15-9-10-16-19(18)14-7-4-3-5-8-14/h2-5,7-8,13,15-17H,1,6,9-12H2. The summed E-state index contributed by atoms with van der Waals surface area (Å²) in [5.74, 6) is 0.212. The van der Waals surface area contributed by atoms with Crippen LogP contribution in [0.2, 0.25) is 0 Å². The number of rotatable bonds is 10. The van der Waals surface area contributed by atoms with Crippen LogP contribution in [0, 0.1) is 5.92 Å². The van der Waals surface area contributed by atoms with Crippen LogP contribution in [0.3, 0.4) is 0 Å². The van der Waals surface area contributed by atoms with Gasteiger partial charge in [-0.25, -0.2) is 0 Å². The molecule has 1 aromatic carbocycles. The molecule has 0 radical (unpaired) electrons. The second kappa shape index (κ2) is 9.60. The Labute approximate surface area is 116 Å². The SMILES string of the molecule is C=CCC(CO)CNCCN[Si](=O)c1ccccc1. The average Bonchev–Trinajstić information content (AvgIpc) is 2.46. The van der Waals surface area contributed by atoms with E-state index < -0.39 is 8.84 Å². The number of aliphatic hydroxyl groups is 1. The Morgan fingerprint density at radius 1 is 1.32 bits per heavy atom. The molecule has 0 heterocycles. The molecule has 0 aliphatic carbocycles. The van der Waals surface area contributed by atoms with Gasteiger partial charge in [-0.15, -0.1) is 6.58 Å². The largest absolute Gasteiger partial charge is 0.428 e. The highest BCUT2D eigenvalue weighted by molar-refractivity contribution is 6.57. The maximum Gasteiger partial charge on any atom is 0.428 e.